The van der Waals surface area contributed by atoms with E-state index in [-0.39, 0.29) is 132 Å². The summed E-state index contributed by atoms with van der Waals surface area (Å²) in [6, 6.07) is 38.2. The smallest absolute Gasteiger partial charge is 0.295 e. The molecule has 0 aliphatic rings. The minimum Gasteiger partial charge on any atom is -0.506 e. The van der Waals surface area contributed by atoms with Crippen molar-refractivity contribution in [3.8, 4) is 23.0 Å². The van der Waals surface area contributed by atoms with Crippen LogP contribution in [0, 0.1) is 0 Å². The molecule has 0 fully saturated rings. The van der Waals surface area contributed by atoms with Gasteiger partial charge in [-0.1, -0.05) is 109 Å². The van der Waals surface area contributed by atoms with E-state index in [0.29, 0.717) is 11.4 Å². The van der Waals surface area contributed by atoms with E-state index in [0.717, 1.165) is 82.5 Å². The molecular weight excluding hydrogens is 2050 g/mol. The summed E-state index contributed by atoms with van der Waals surface area (Å²) in [6.45, 7) is 0.310. The highest BCUT2D eigenvalue weighted by Crippen LogP contribution is 2.42. The minimum atomic E-state index is -5.04. The number of hydrazone groups is 2. The number of hydrogen-bond acceptors (Lipinski definition) is 25. The van der Waals surface area contributed by atoms with Crippen molar-refractivity contribution in [1.29, 1.82) is 0 Å². The van der Waals surface area contributed by atoms with Crippen molar-refractivity contribution in [2.45, 2.75) is 31.7 Å². The Balaban J connectivity index is 0.679. The fourth-order valence-electron chi connectivity index (χ4n) is 11.2. The molecule has 10 aromatic carbocycles. The zero-order chi connectivity index (χ0) is 90.8. The molecule has 0 spiro atoms. The molecule has 49 heteroatoms. The van der Waals surface area contributed by atoms with Crippen molar-refractivity contribution in [1.82, 2.24) is 43.2 Å². The van der Waals surface area contributed by atoms with Crippen LogP contribution in [0.1, 0.15) is 33.4 Å². The van der Waals surface area contributed by atoms with Crippen LogP contribution in [0.5, 0.6) is 23.0 Å². The quantitative estimate of drug-likeness (QED) is 0.00378. The molecule has 0 saturated heterocycles. The second-order valence-corrected chi connectivity index (χ2v) is 36.2. The highest BCUT2D eigenvalue weighted by Gasteiger charge is 2.30. The van der Waals surface area contributed by atoms with Crippen molar-refractivity contribution >= 4 is 290 Å². The highest BCUT2D eigenvalue weighted by molar-refractivity contribution is 9.11. The Labute approximate surface area is 766 Å². The summed E-state index contributed by atoms with van der Waals surface area (Å²) in [5.41, 5.74) is 14.1. The number of hydrazine groups is 2. The van der Waals surface area contributed by atoms with Crippen molar-refractivity contribution in [2.75, 3.05) is 58.2 Å². The Kier molecular flexibility index (Phi) is 32.5. The molecule has 37 nitrogen and oxygen atoms in total. The Hall–Kier alpha value is -11.5. The molecule has 10 rings (SSSR count). The maximum Gasteiger partial charge on any atom is 0.295 e. The molecule has 125 heavy (non-hydrogen) atoms. The Morgan fingerprint density at radius 1 is 0.360 bits per heavy atom. The lowest BCUT2D eigenvalue weighted by molar-refractivity contribution is -0.132. The summed E-state index contributed by atoms with van der Waals surface area (Å²) in [7, 11) is -20.0. The number of phenolic OH excluding ortho intramolecular Hbond substituents is 4. The van der Waals surface area contributed by atoms with Gasteiger partial charge in [0.15, 0.2) is 32.5 Å². The molecule has 0 aromatic heterocycles. The van der Waals surface area contributed by atoms with Crippen LogP contribution < -0.4 is 75.1 Å². The normalized spacial score (nSPS) is 12.3. The molecule has 0 bridgehead atoms. The standard InChI is InChI=1S/C76H66Br4N16O21S8/c77-55-31-47(65(97)61(79)67(55)99)37-83-91-69(101)63(85-49-19-13-39-5-1-3-7-45(39)29-49)71(103)93-95-75(120)89-53-23-17-43(59(35-53)124(111,112)113)11-9-41-15-21-51(33-57(41)122(105,106)107)87-73(118)81-25-27-117-28-26-82-74(119)88-52-22-16-42(58(34-52)123(108,109)110)10-12-44-18-24-54(36-60(44)125(114,115)116)90-76(121)96-94-72(104)64(86-50-20-14-40-6-2-4-8-46(40)30-50)70(102)92-84-38-48-32-56(78)68(100)62(80)66(48)98/h1-24,29-38,63-64,85-86,97-100H,25-28H2,(H,91,101)(H,92,102)(H,93,103)(H,94,104)(H2,81,87,118)(H2,82,88,119)(H2,89,95,120)(H2,90,96,121)(H,105,106,107)(H,108,109,110)(H,111,112,113)(H,114,115,116)/b11-9+,12-10+,83-37+,84-38+. The number of carbonyl (C=O) groups excluding carboxylic acids is 4. The predicted molar refractivity (Wildman–Crippen MR) is 502 cm³/mol. The molecule has 10 aromatic rings. The lowest BCUT2D eigenvalue weighted by atomic mass is 10.1. The van der Waals surface area contributed by atoms with Gasteiger partial charge in [-0.25, -0.2) is 10.9 Å². The number of carbonyl (C=O) groups is 4. The Morgan fingerprint density at radius 2 is 0.656 bits per heavy atom. The third-order valence-electron chi connectivity index (χ3n) is 17.1. The van der Waals surface area contributed by atoms with Gasteiger partial charge in [0.2, 0.25) is 0 Å². The maximum atomic E-state index is 13.7. The predicted octanol–water partition coefficient (Wildman–Crippen LogP) is 10.4. The summed E-state index contributed by atoms with van der Waals surface area (Å²) in [5, 5.41) is 73.7. The number of nitrogens with one attached hydrogen (secondary N) is 14. The lowest BCUT2D eigenvalue weighted by Crippen LogP contribution is -2.54. The molecule has 0 aliphatic heterocycles. The van der Waals surface area contributed by atoms with Crippen LogP contribution in [-0.4, -0.2) is 167 Å². The van der Waals surface area contributed by atoms with E-state index in [9.17, 15) is 91.5 Å². The van der Waals surface area contributed by atoms with Crippen LogP contribution in [0.15, 0.2) is 218 Å². The monoisotopic (exact) mass is 2110 g/mol. The second kappa shape index (κ2) is 42.5. The SMILES string of the molecule is O=C(N/N=C/c1cc(Br)c(O)c(Br)c1O)C(Nc1ccc2ccccc2c1)C(=O)NNC(=S)Nc1ccc(/C=C/c2ccc(NC(=S)NCCOCCNC(=S)Nc3ccc(/C=C/c4ccc(NC(=S)NNC(=O)C(Nc5ccc6ccccc6c5)C(=O)N/N=C/c5cc(Br)c(O)c(Br)c5O)cc4S(=O)(=O)O)c(S(=O)(=O)O)c3)cc2S(=O)(=O)O)c(S(=O)(=O)O)c1. The first-order chi connectivity index (χ1) is 59.1. The van der Waals surface area contributed by atoms with Gasteiger partial charge in [-0.05, 0) is 241 Å². The summed E-state index contributed by atoms with van der Waals surface area (Å²) >= 11 is 33.9. The number of halogens is 4. The van der Waals surface area contributed by atoms with Gasteiger partial charge in [-0.3, -0.25) is 59.1 Å². The van der Waals surface area contributed by atoms with Crippen LogP contribution in [0.3, 0.4) is 0 Å². The number of benzene rings is 10. The third-order valence-corrected chi connectivity index (χ3v) is 24.3. The van der Waals surface area contributed by atoms with Gasteiger partial charge >= 0.3 is 0 Å². The van der Waals surface area contributed by atoms with E-state index < -0.39 is 107 Å². The van der Waals surface area contributed by atoms with Crippen molar-refractivity contribution < 1.29 is 96.2 Å². The van der Waals surface area contributed by atoms with Crippen molar-refractivity contribution in [2.24, 2.45) is 10.2 Å². The first-order valence-electron chi connectivity index (χ1n) is 35.3. The molecule has 0 saturated carbocycles. The lowest BCUT2D eigenvalue weighted by Gasteiger charge is -2.19. The van der Waals surface area contributed by atoms with Gasteiger partial charge < -0.3 is 67.7 Å². The summed E-state index contributed by atoms with van der Waals surface area (Å²) in [6.07, 6.45) is 6.68. The Morgan fingerprint density at radius 3 is 0.968 bits per heavy atom. The zero-order valence-corrected chi connectivity index (χ0v) is 76.0. The van der Waals surface area contributed by atoms with Gasteiger partial charge in [0.1, 0.15) is 51.5 Å². The number of amides is 4. The largest absolute Gasteiger partial charge is 0.506 e. The molecule has 0 radical (unpaired) electrons. The fraction of sp³-hybridized carbons (Fsp3) is 0.0789. The van der Waals surface area contributed by atoms with Gasteiger partial charge in [0.05, 0.1) is 34.6 Å². The van der Waals surface area contributed by atoms with Gasteiger partial charge in [0.25, 0.3) is 64.1 Å². The van der Waals surface area contributed by atoms with Crippen LogP contribution in [-0.2, 0) is 64.4 Å². The average Bonchev–Trinajstić information content (AvgIpc) is 0.807. The number of hydrogen-bond donors (Lipinski definition) is 22. The number of ether oxygens (including phenoxy) is 1. The molecule has 0 heterocycles. The van der Waals surface area contributed by atoms with E-state index in [1.165, 1.54) is 60.7 Å². The molecule has 2 atom stereocenters. The number of aromatic hydroxyl groups is 4. The first kappa shape index (κ1) is 95.7. The fourth-order valence-corrected chi connectivity index (χ4v) is 17.1. The van der Waals surface area contributed by atoms with E-state index in [2.05, 4.69) is 149 Å². The third kappa shape index (κ3) is 26.8. The zero-order valence-electron chi connectivity index (χ0n) is 63.2. The number of nitrogens with zero attached hydrogens (tertiary/aromatic N) is 2. The molecular formula is C76H66Br4N16O21S8. The highest BCUT2D eigenvalue weighted by atomic mass is 79.9. The molecule has 2 unspecified atom stereocenters. The van der Waals surface area contributed by atoms with Crippen molar-refractivity contribution in [3.05, 3.63) is 221 Å². The van der Waals surface area contributed by atoms with Crippen LogP contribution in [0.4, 0.5) is 34.1 Å². The van der Waals surface area contributed by atoms with Gasteiger partial charge in [0, 0.05) is 58.3 Å². The molecule has 4 amide bonds. The molecule has 0 aliphatic carbocycles. The minimum absolute atomic E-state index is 0.0154. The molecule has 22 N–H and O–H groups in total. The Bertz CT molecular complexity index is 6210. The number of anilines is 6. The van der Waals surface area contributed by atoms with E-state index in [4.69, 9.17) is 53.6 Å². The van der Waals surface area contributed by atoms with Crippen LogP contribution >= 0.6 is 113 Å². The van der Waals surface area contributed by atoms with Crippen LogP contribution in [0.2, 0.25) is 0 Å². The number of rotatable bonds is 30. The number of thiocarbonyl (C=S) groups is 4. The van der Waals surface area contributed by atoms with Crippen molar-refractivity contribution in [3.63, 3.8) is 0 Å². The van der Waals surface area contributed by atoms with E-state index in [1.54, 1.807) is 48.5 Å². The van der Waals surface area contributed by atoms with E-state index in [1.807, 2.05) is 36.4 Å². The summed E-state index contributed by atoms with van der Waals surface area (Å²) in [4.78, 5) is 52.0. The molecule has 652 valence electrons. The average molecular weight is 2120 g/mol. The van der Waals surface area contributed by atoms with Gasteiger partial charge in [-0.2, -0.15) is 43.9 Å². The summed E-state index contributed by atoms with van der Waals surface area (Å²) in [5.74, 6) is -5.42. The summed E-state index contributed by atoms with van der Waals surface area (Å²) < 4.78 is 149. The number of fused-ring (bicyclic) bond motifs is 2. The maximum absolute atomic E-state index is 13.7. The number of phenols is 4. The first-order valence-corrected chi connectivity index (χ1v) is 45.8. The van der Waals surface area contributed by atoms with Crippen LogP contribution in [0.25, 0.3) is 45.8 Å². The van der Waals surface area contributed by atoms with Gasteiger partial charge in [-0.15, -0.1) is 0 Å². The second-order valence-electron chi connectivity index (χ2n) is 25.8. The topological polar surface area (TPSA) is 569 Å². The van der Waals surface area contributed by atoms with E-state index >= 15 is 0 Å².